The molecule has 184 valence electrons. The van der Waals surface area contributed by atoms with Gasteiger partial charge in [0.1, 0.15) is 17.7 Å². The number of aromatic hydroxyl groups is 1. The van der Waals surface area contributed by atoms with Gasteiger partial charge in [-0.25, -0.2) is 9.37 Å². The largest absolute Gasteiger partial charge is 0.503 e. The summed E-state index contributed by atoms with van der Waals surface area (Å²) in [5.41, 5.74) is 0.507. The molecule has 0 spiro atoms. The van der Waals surface area contributed by atoms with Gasteiger partial charge in [0.05, 0.1) is 13.0 Å². The number of nitrogens with zero attached hydrogens (tertiary/aromatic N) is 1. The number of aromatic nitrogens is 1. The van der Waals surface area contributed by atoms with Crippen molar-refractivity contribution >= 4 is 23.4 Å². The number of benzene rings is 2. The molecular weight excluding hydrogens is 477 g/mol. The number of carbonyl (C=O) groups is 2. The summed E-state index contributed by atoms with van der Waals surface area (Å²) >= 11 is 5.95. The molecule has 3 rings (SSSR count). The van der Waals surface area contributed by atoms with Gasteiger partial charge in [0.15, 0.2) is 29.1 Å². The van der Waals surface area contributed by atoms with Gasteiger partial charge in [-0.05, 0) is 24.6 Å². The van der Waals surface area contributed by atoms with E-state index in [9.17, 15) is 19.1 Å². The maximum Gasteiger partial charge on any atom is 0.309 e. The highest BCUT2D eigenvalue weighted by Gasteiger charge is 2.29. The van der Waals surface area contributed by atoms with Crippen LogP contribution >= 0.6 is 11.6 Å². The minimum Gasteiger partial charge on any atom is -0.503 e. The Morgan fingerprint density at radius 1 is 1.11 bits per heavy atom. The van der Waals surface area contributed by atoms with Crippen molar-refractivity contribution in [2.45, 2.75) is 32.5 Å². The Labute approximate surface area is 207 Å². The second-order valence-corrected chi connectivity index (χ2v) is 8.37. The van der Waals surface area contributed by atoms with E-state index in [-0.39, 0.29) is 34.4 Å². The van der Waals surface area contributed by atoms with E-state index in [0.717, 1.165) is 6.07 Å². The summed E-state index contributed by atoms with van der Waals surface area (Å²) in [4.78, 5) is 29.3. The smallest absolute Gasteiger partial charge is 0.309 e. The number of ketones is 1. The summed E-state index contributed by atoms with van der Waals surface area (Å²) in [6.07, 6.45) is -0.481. The van der Waals surface area contributed by atoms with Crippen molar-refractivity contribution in [1.82, 2.24) is 4.98 Å². The quantitative estimate of drug-likeness (QED) is 0.287. The minimum atomic E-state index is -0.836. The Balaban J connectivity index is 1.73. The fraction of sp³-hybridized carbons (Fsp3) is 0.269. The number of hydrogen-bond donors (Lipinski definition) is 1. The highest BCUT2D eigenvalue weighted by atomic mass is 35.5. The first kappa shape index (κ1) is 26.0. The molecule has 1 aromatic heterocycles. The van der Waals surface area contributed by atoms with Crippen LogP contribution in [0.25, 0.3) is 0 Å². The van der Waals surface area contributed by atoms with Crippen molar-refractivity contribution < 1.29 is 33.3 Å². The van der Waals surface area contributed by atoms with Crippen molar-refractivity contribution in [3.8, 4) is 17.2 Å². The van der Waals surface area contributed by atoms with E-state index in [0.29, 0.717) is 5.56 Å². The number of pyridine rings is 1. The van der Waals surface area contributed by atoms with Crippen LogP contribution in [0, 0.1) is 11.7 Å². The molecule has 0 aliphatic heterocycles. The average molecular weight is 502 g/mol. The van der Waals surface area contributed by atoms with Crippen LogP contribution in [-0.4, -0.2) is 35.1 Å². The number of carbonyl (C=O) groups excluding carboxylic acids is 2. The van der Waals surface area contributed by atoms with E-state index in [4.69, 9.17) is 25.8 Å². The van der Waals surface area contributed by atoms with Gasteiger partial charge in [0.2, 0.25) is 0 Å². The summed E-state index contributed by atoms with van der Waals surface area (Å²) in [6, 6.07) is 14.2. The fourth-order valence-corrected chi connectivity index (χ4v) is 3.66. The number of rotatable bonds is 10. The monoisotopic (exact) mass is 501 g/mol. The van der Waals surface area contributed by atoms with Crippen molar-refractivity contribution in [3.05, 3.63) is 82.9 Å². The van der Waals surface area contributed by atoms with E-state index in [1.54, 1.807) is 31.2 Å². The molecule has 0 unspecified atom stereocenters. The summed E-state index contributed by atoms with van der Waals surface area (Å²) in [5, 5.41) is 10.3. The molecule has 7 nitrogen and oxygen atoms in total. The van der Waals surface area contributed by atoms with Crippen LogP contribution in [0.5, 0.6) is 17.2 Å². The van der Waals surface area contributed by atoms with E-state index in [1.807, 2.05) is 6.07 Å². The zero-order valence-electron chi connectivity index (χ0n) is 19.4. The molecule has 0 bridgehead atoms. The summed E-state index contributed by atoms with van der Waals surface area (Å²) in [5.74, 6) is -2.69. The molecule has 0 fully saturated rings. The average Bonchev–Trinajstić information content (AvgIpc) is 2.82. The van der Waals surface area contributed by atoms with Gasteiger partial charge in [-0.3, -0.25) is 9.59 Å². The molecule has 1 heterocycles. The SMILES string of the molecule is COc1ccnc(C(=O)C[C@@H](C)C(=O)O[C@@H](C)[C@H](Oc2cc(F)cc(Cl)c2)c2ccccc2)c1O. The van der Waals surface area contributed by atoms with E-state index in [2.05, 4.69) is 4.98 Å². The standard InChI is InChI=1S/C26H25ClFNO6/c1-15(11-21(30)23-24(31)22(33-3)9-10-29-23)26(32)34-16(2)25(17-7-5-4-6-8-17)35-20-13-18(27)12-19(28)14-20/h4-10,12-16,25,31H,11H2,1-3H3/t15-,16+,25+/m1/s1. The highest BCUT2D eigenvalue weighted by molar-refractivity contribution is 6.30. The summed E-state index contributed by atoms with van der Waals surface area (Å²) in [7, 11) is 1.35. The molecule has 2 aromatic carbocycles. The number of ether oxygens (including phenoxy) is 3. The number of halogens is 2. The molecule has 1 N–H and O–H groups in total. The van der Waals surface area contributed by atoms with Crippen LogP contribution in [0.15, 0.2) is 60.8 Å². The second kappa shape index (κ2) is 11.7. The molecule has 0 aliphatic carbocycles. The predicted octanol–water partition coefficient (Wildman–Crippen LogP) is 5.55. The topological polar surface area (TPSA) is 95.0 Å². The van der Waals surface area contributed by atoms with Gasteiger partial charge in [-0.1, -0.05) is 48.9 Å². The number of Topliss-reactive ketones (excluding diaryl/α,β-unsaturated/α-hetero) is 1. The lowest BCUT2D eigenvalue weighted by molar-refractivity contribution is -0.157. The highest BCUT2D eigenvalue weighted by Crippen LogP contribution is 2.31. The maximum absolute atomic E-state index is 13.8. The van der Waals surface area contributed by atoms with Gasteiger partial charge in [0.25, 0.3) is 0 Å². The normalized spacial score (nSPS) is 13.4. The third-order valence-electron chi connectivity index (χ3n) is 5.22. The molecule has 3 aromatic rings. The number of hydrogen-bond acceptors (Lipinski definition) is 7. The molecule has 0 radical (unpaired) electrons. The zero-order valence-corrected chi connectivity index (χ0v) is 20.2. The molecule has 0 saturated heterocycles. The Morgan fingerprint density at radius 2 is 1.83 bits per heavy atom. The van der Waals surface area contributed by atoms with Crippen LogP contribution in [0.2, 0.25) is 5.02 Å². The van der Waals surface area contributed by atoms with Gasteiger partial charge < -0.3 is 19.3 Å². The lowest BCUT2D eigenvalue weighted by atomic mass is 10.0. The van der Waals surface area contributed by atoms with Crippen molar-refractivity contribution in [1.29, 1.82) is 0 Å². The van der Waals surface area contributed by atoms with Crippen molar-refractivity contribution in [3.63, 3.8) is 0 Å². The van der Waals surface area contributed by atoms with E-state index in [1.165, 1.54) is 38.4 Å². The Morgan fingerprint density at radius 3 is 2.49 bits per heavy atom. The first-order chi connectivity index (χ1) is 16.7. The molecule has 9 heteroatoms. The van der Waals surface area contributed by atoms with Gasteiger partial charge >= 0.3 is 5.97 Å². The number of esters is 1. The van der Waals surface area contributed by atoms with Gasteiger partial charge in [-0.2, -0.15) is 0 Å². The van der Waals surface area contributed by atoms with E-state index >= 15 is 0 Å². The molecule has 35 heavy (non-hydrogen) atoms. The van der Waals surface area contributed by atoms with Crippen molar-refractivity contribution in [2.24, 2.45) is 5.92 Å². The first-order valence-electron chi connectivity index (χ1n) is 10.8. The summed E-state index contributed by atoms with van der Waals surface area (Å²) < 4.78 is 30.4. The first-order valence-corrected chi connectivity index (χ1v) is 11.2. The Kier molecular flexibility index (Phi) is 8.65. The molecule has 0 aliphatic rings. The minimum absolute atomic E-state index is 0.104. The lowest BCUT2D eigenvalue weighted by Gasteiger charge is -2.26. The third-order valence-corrected chi connectivity index (χ3v) is 5.44. The molecular formula is C26H25ClFNO6. The third kappa shape index (κ3) is 6.70. The Hall–Kier alpha value is -3.65. The maximum atomic E-state index is 13.8. The molecule has 0 amide bonds. The predicted molar refractivity (Wildman–Crippen MR) is 127 cm³/mol. The van der Waals surface area contributed by atoms with Crippen LogP contribution in [-0.2, 0) is 9.53 Å². The van der Waals surface area contributed by atoms with Gasteiger partial charge in [-0.15, -0.1) is 0 Å². The molecule has 0 saturated carbocycles. The van der Waals surface area contributed by atoms with Crippen LogP contribution < -0.4 is 9.47 Å². The van der Waals surface area contributed by atoms with Crippen LogP contribution in [0.1, 0.15) is 42.4 Å². The second-order valence-electron chi connectivity index (χ2n) is 7.94. The lowest BCUT2D eigenvalue weighted by Crippen LogP contribution is -2.30. The molecule has 3 atom stereocenters. The van der Waals surface area contributed by atoms with E-state index < -0.39 is 35.7 Å². The summed E-state index contributed by atoms with van der Waals surface area (Å²) in [6.45, 7) is 3.18. The fourth-order valence-electron chi connectivity index (χ4n) is 3.45. The van der Waals surface area contributed by atoms with Crippen molar-refractivity contribution in [2.75, 3.05) is 7.11 Å². The van der Waals surface area contributed by atoms with Crippen LogP contribution in [0.4, 0.5) is 4.39 Å². The zero-order chi connectivity index (χ0) is 25.5. The number of methoxy groups -OCH3 is 1. The van der Waals surface area contributed by atoms with Crippen LogP contribution in [0.3, 0.4) is 0 Å². The van der Waals surface area contributed by atoms with Gasteiger partial charge in [0, 0.05) is 29.8 Å². The Bertz CT molecular complexity index is 1170.